The van der Waals surface area contributed by atoms with Crippen molar-refractivity contribution in [2.75, 3.05) is 0 Å². The van der Waals surface area contributed by atoms with Gasteiger partial charge in [0.1, 0.15) is 5.54 Å². The highest BCUT2D eigenvalue weighted by atomic mass is 16.4. The number of carboxylic acid groups (broad SMARTS) is 1. The molecule has 0 unspecified atom stereocenters. The molecule has 2 aromatic heterocycles. The quantitative estimate of drug-likeness (QED) is 0.765. The number of amides is 1. The molecule has 0 spiro atoms. The van der Waals surface area contributed by atoms with E-state index in [1.165, 1.54) is 16.7 Å². The summed E-state index contributed by atoms with van der Waals surface area (Å²) >= 11 is 0. The zero-order chi connectivity index (χ0) is 15.7. The van der Waals surface area contributed by atoms with Crippen molar-refractivity contribution in [3.63, 3.8) is 0 Å². The number of hydrogen-bond acceptors (Lipinski definition) is 4. The smallest absolute Gasteiger partial charge is 0.347 e. The maximum absolute atomic E-state index is 12.5. The third-order valence-corrected chi connectivity index (χ3v) is 4.16. The zero-order valence-electron chi connectivity index (χ0n) is 11.8. The van der Waals surface area contributed by atoms with E-state index >= 15 is 0 Å². The van der Waals surface area contributed by atoms with Crippen molar-refractivity contribution in [2.24, 2.45) is 0 Å². The summed E-state index contributed by atoms with van der Waals surface area (Å²) < 4.78 is 1.21. The summed E-state index contributed by atoms with van der Waals surface area (Å²) in [4.78, 5) is 35.7. The van der Waals surface area contributed by atoms with Crippen molar-refractivity contribution >= 4 is 17.5 Å². The molecule has 1 amide bonds. The third kappa shape index (κ3) is 2.26. The minimum atomic E-state index is -1.24. The summed E-state index contributed by atoms with van der Waals surface area (Å²) in [5.74, 6) is -1.55. The minimum Gasteiger partial charge on any atom is -0.480 e. The second kappa shape index (κ2) is 5.28. The summed E-state index contributed by atoms with van der Waals surface area (Å²) in [6.45, 7) is 0. The molecule has 1 aliphatic carbocycles. The highest BCUT2D eigenvalue weighted by Crippen LogP contribution is 2.29. The van der Waals surface area contributed by atoms with Crippen molar-refractivity contribution in [2.45, 2.75) is 37.6 Å². The van der Waals surface area contributed by atoms with Crippen LogP contribution in [0.15, 0.2) is 23.1 Å². The standard InChI is InChI=1S/C14H16N4O4/c19-11(15-14(12(20)21)6-2-1-3-7-14)9-5-4-8-18-10(9)16-17-13(18)22/h4-5,8H,1-3,6-7H2,(H,15,19)(H,17,22)(H,20,21). The molecule has 3 rings (SSSR count). The van der Waals surface area contributed by atoms with Crippen LogP contribution >= 0.6 is 0 Å². The Morgan fingerprint density at radius 1 is 1.32 bits per heavy atom. The van der Waals surface area contributed by atoms with Crippen LogP contribution < -0.4 is 11.0 Å². The van der Waals surface area contributed by atoms with Crippen LogP contribution in [0.3, 0.4) is 0 Å². The van der Waals surface area contributed by atoms with Gasteiger partial charge in [0.2, 0.25) is 0 Å². The fourth-order valence-electron chi connectivity index (χ4n) is 2.94. The molecule has 8 nitrogen and oxygen atoms in total. The van der Waals surface area contributed by atoms with Crippen molar-refractivity contribution < 1.29 is 14.7 Å². The van der Waals surface area contributed by atoms with E-state index in [4.69, 9.17) is 0 Å². The largest absolute Gasteiger partial charge is 0.480 e. The number of nitrogens with zero attached hydrogens (tertiary/aromatic N) is 2. The Morgan fingerprint density at radius 2 is 2.05 bits per heavy atom. The number of fused-ring (bicyclic) bond motifs is 1. The third-order valence-electron chi connectivity index (χ3n) is 4.16. The van der Waals surface area contributed by atoms with Crippen molar-refractivity contribution in [1.29, 1.82) is 0 Å². The van der Waals surface area contributed by atoms with E-state index in [0.29, 0.717) is 12.8 Å². The first-order valence-corrected chi connectivity index (χ1v) is 7.15. The predicted octanol–water partition coefficient (Wildman–Crippen LogP) is 0.540. The van der Waals surface area contributed by atoms with Gasteiger partial charge in [-0.25, -0.2) is 19.1 Å². The van der Waals surface area contributed by atoms with E-state index in [2.05, 4.69) is 15.5 Å². The molecule has 0 saturated heterocycles. The molecule has 0 aliphatic heterocycles. The van der Waals surface area contributed by atoms with E-state index in [1.54, 1.807) is 6.07 Å². The maximum Gasteiger partial charge on any atom is 0.347 e. The average molecular weight is 304 g/mol. The summed E-state index contributed by atoms with van der Waals surface area (Å²) in [6, 6.07) is 3.07. The predicted molar refractivity (Wildman–Crippen MR) is 76.7 cm³/mol. The maximum atomic E-state index is 12.5. The van der Waals surface area contributed by atoms with Crippen molar-refractivity contribution in [3.05, 3.63) is 34.4 Å². The Kier molecular flexibility index (Phi) is 3.44. The molecule has 8 heteroatoms. The van der Waals surface area contributed by atoms with Crippen LogP contribution in [0, 0.1) is 0 Å². The molecule has 0 atom stereocenters. The van der Waals surface area contributed by atoms with Gasteiger partial charge in [-0.15, -0.1) is 0 Å². The van der Waals surface area contributed by atoms with Gasteiger partial charge in [0.05, 0.1) is 5.56 Å². The summed E-state index contributed by atoms with van der Waals surface area (Å²) in [7, 11) is 0. The Hall–Kier alpha value is -2.64. The van der Waals surface area contributed by atoms with E-state index < -0.39 is 23.1 Å². The van der Waals surface area contributed by atoms with Crippen molar-refractivity contribution in [3.8, 4) is 0 Å². The molecule has 0 bridgehead atoms. The number of nitrogens with one attached hydrogen (secondary N) is 2. The summed E-state index contributed by atoms with van der Waals surface area (Å²) in [5, 5.41) is 18.2. The fraction of sp³-hybridized carbons (Fsp3) is 0.429. The monoisotopic (exact) mass is 304 g/mol. The van der Waals surface area contributed by atoms with Crippen LogP contribution in [0.25, 0.3) is 5.65 Å². The molecule has 1 saturated carbocycles. The Bertz CT molecular complexity index is 785. The Morgan fingerprint density at radius 3 is 2.73 bits per heavy atom. The van der Waals surface area contributed by atoms with Gasteiger partial charge in [0.15, 0.2) is 5.65 Å². The number of carbonyl (C=O) groups excluding carboxylic acids is 1. The lowest BCUT2D eigenvalue weighted by Crippen LogP contribution is -2.55. The molecular weight excluding hydrogens is 288 g/mol. The molecule has 0 aromatic carbocycles. The Labute approximate surface area is 125 Å². The highest BCUT2D eigenvalue weighted by Gasteiger charge is 2.41. The van der Waals surface area contributed by atoms with Crippen LogP contribution in [-0.4, -0.2) is 37.1 Å². The number of rotatable bonds is 3. The van der Waals surface area contributed by atoms with Gasteiger partial charge in [-0.3, -0.25) is 4.79 Å². The number of pyridine rings is 1. The molecule has 116 valence electrons. The van der Waals surface area contributed by atoms with Crippen LogP contribution in [0.4, 0.5) is 0 Å². The van der Waals surface area contributed by atoms with E-state index in [1.807, 2.05) is 0 Å². The van der Waals surface area contributed by atoms with Crippen molar-refractivity contribution in [1.82, 2.24) is 19.9 Å². The number of hydrogen-bond donors (Lipinski definition) is 3. The Balaban J connectivity index is 1.95. The first-order chi connectivity index (χ1) is 10.5. The first-order valence-electron chi connectivity index (χ1n) is 7.15. The number of H-pyrrole nitrogens is 1. The van der Waals surface area contributed by atoms with Gasteiger partial charge in [0.25, 0.3) is 5.91 Å². The number of aromatic nitrogens is 3. The zero-order valence-corrected chi connectivity index (χ0v) is 11.8. The van der Waals surface area contributed by atoms with Gasteiger partial charge in [-0.2, -0.15) is 5.10 Å². The van der Waals surface area contributed by atoms with Crippen LogP contribution in [0.5, 0.6) is 0 Å². The van der Waals surface area contributed by atoms with Gasteiger partial charge < -0.3 is 10.4 Å². The number of aliphatic carboxylic acids is 1. The molecule has 0 radical (unpaired) electrons. The fourth-order valence-corrected chi connectivity index (χ4v) is 2.94. The summed E-state index contributed by atoms with van der Waals surface area (Å²) in [6.07, 6.45) is 4.80. The summed E-state index contributed by atoms with van der Waals surface area (Å²) in [5.41, 5.74) is -1.33. The lowest BCUT2D eigenvalue weighted by molar-refractivity contribution is -0.145. The number of carbonyl (C=O) groups is 2. The highest BCUT2D eigenvalue weighted by molar-refractivity contribution is 6.02. The molecule has 2 heterocycles. The van der Waals surface area contributed by atoms with E-state index in [9.17, 15) is 19.5 Å². The minimum absolute atomic E-state index is 0.173. The first kappa shape index (κ1) is 14.3. The lowest BCUT2D eigenvalue weighted by atomic mass is 9.81. The number of aromatic amines is 1. The molecular formula is C14H16N4O4. The second-order valence-corrected chi connectivity index (χ2v) is 5.55. The lowest BCUT2D eigenvalue weighted by Gasteiger charge is -2.33. The van der Waals surface area contributed by atoms with Gasteiger partial charge in [-0.05, 0) is 25.0 Å². The molecule has 3 N–H and O–H groups in total. The SMILES string of the molecule is O=C(NC1(C(=O)O)CCCCC1)c1cccn2c(=O)[nH]nc12. The van der Waals surface area contributed by atoms with Crippen LogP contribution in [-0.2, 0) is 4.79 Å². The normalized spacial score (nSPS) is 17.3. The molecule has 2 aromatic rings. The molecule has 1 fully saturated rings. The van der Waals surface area contributed by atoms with E-state index in [-0.39, 0.29) is 11.2 Å². The second-order valence-electron chi connectivity index (χ2n) is 5.55. The molecule has 1 aliphatic rings. The van der Waals surface area contributed by atoms with Crippen LogP contribution in [0.2, 0.25) is 0 Å². The topological polar surface area (TPSA) is 117 Å². The number of carboxylic acids is 1. The molecule has 22 heavy (non-hydrogen) atoms. The van der Waals surface area contributed by atoms with Gasteiger partial charge in [-0.1, -0.05) is 19.3 Å². The van der Waals surface area contributed by atoms with Gasteiger partial charge in [0, 0.05) is 6.20 Å². The average Bonchev–Trinajstić information content (AvgIpc) is 2.89. The van der Waals surface area contributed by atoms with E-state index in [0.717, 1.165) is 19.3 Å². The van der Waals surface area contributed by atoms with Gasteiger partial charge >= 0.3 is 11.7 Å². The van der Waals surface area contributed by atoms with Crippen LogP contribution in [0.1, 0.15) is 42.5 Å².